The first-order valence-corrected chi connectivity index (χ1v) is 20.2. The molecule has 55 heavy (non-hydrogen) atoms. The van der Waals surface area contributed by atoms with E-state index in [1.807, 2.05) is 11.3 Å². The molecule has 0 saturated carbocycles. The van der Waals surface area contributed by atoms with Crippen LogP contribution in [-0.4, -0.2) is 0 Å². The number of anilines is 3. The SMILES string of the molecule is CC1(C)c2ccccc2-c2c(-c3ccc4c(c3)C3(C)c5ccccc5-c5cccc(c53)N4c3ccc(-c4cccc5c4sc4ccccc45)cc3)cccc21. The molecule has 1 aliphatic heterocycles. The number of fused-ring (bicyclic) bond motifs is 11. The van der Waals surface area contributed by atoms with Crippen LogP contribution < -0.4 is 4.90 Å². The second-order valence-corrected chi connectivity index (χ2v) is 17.2. The minimum Gasteiger partial charge on any atom is -0.310 e. The van der Waals surface area contributed by atoms with Crippen LogP contribution in [0.15, 0.2) is 170 Å². The van der Waals surface area contributed by atoms with Gasteiger partial charge >= 0.3 is 0 Å². The monoisotopic (exact) mass is 719 g/mol. The van der Waals surface area contributed by atoms with E-state index in [0.29, 0.717) is 0 Å². The van der Waals surface area contributed by atoms with Gasteiger partial charge in [0.1, 0.15) is 0 Å². The number of thiophene rings is 1. The number of hydrogen-bond donors (Lipinski definition) is 0. The molecule has 0 saturated heterocycles. The van der Waals surface area contributed by atoms with E-state index in [-0.39, 0.29) is 10.8 Å². The Hall–Kier alpha value is -6.22. The second-order valence-electron chi connectivity index (χ2n) is 16.2. The van der Waals surface area contributed by atoms with Crippen LogP contribution in [0.4, 0.5) is 17.1 Å². The van der Waals surface area contributed by atoms with Gasteiger partial charge in [0.15, 0.2) is 0 Å². The Labute approximate surface area is 325 Å². The third kappa shape index (κ3) is 4.02. The highest BCUT2D eigenvalue weighted by Crippen LogP contribution is 2.63. The highest BCUT2D eigenvalue weighted by Gasteiger charge is 2.48. The van der Waals surface area contributed by atoms with Crippen molar-refractivity contribution in [2.75, 3.05) is 4.90 Å². The first kappa shape index (κ1) is 31.2. The number of rotatable bonds is 3. The van der Waals surface area contributed by atoms with E-state index in [4.69, 9.17) is 0 Å². The Balaban J connectivity index is 1.06. The number of nitrogens with zero attached hydrogens (tertiary/aromatic N) is 1. The molecule has 12 rings (SSSR count). The first-order chi connectivity index (χ1) is 26.9. The molecule has 1 unspecified atom stereocenters. The van der Waals surface area contributed by atoms with Gasteiger partial charge in [0.25, 0.3) is 0 Å². The first-order valence-electron chi connectivity index (χ1n) is 19.4. The molecular weight excluding hydrogens is 683 g/mol. The summed E-state index contributed by atoms with van der Waals surface area (Å²) >= 11 is 1.89. The van der Waals surface area contributed by atoms with Gasteiger partial charge in [0.2, 0.25) is 0 Å². The molecule has 0 bridgehead atoms. The van der Waals surface area contributed by atoms with Gasteiger partial charge in [0.05, 0.1) is 11.4 Å². The maximum Gasteiger partial charge on any atom is 0.0512 e. The molecule has 260 valence electrons. The summed E-state index contributed by atoms with van der Waals surface area (Å²) < 4.78 is 2.68. The summed E-state index contributed by atoms with van der Waals surface area (Å²) in [5.41, 5.74) is 20.7. The third-order valence-corrected chi connectivity index (χ3v) is 14.3. The van der Waals surface area contributed by atoms with Crippen LogP contribution in [0.25, 0.3) is 64.7 Å². The van der Waals surface area contributed by atoms with Crippen LogP contribution in [0.1, 0.15) is 48.6 Å². The Morgan fingerprint density at radius 2 is 1.07 bits per heavy atom. The Kier molecular flexibility index (Phi) is 6.20. The normalized spacial score (nSPS) is 16.8. The van der Waals surface area contributed by atoms with E-state index < -0.39 is 0 Å². The van der Waals surface area contributed by atoms with E-state index in [1.165, 1.54) is 110 Å². The lowest BCUT2D eigenvalue weighted by Gasteiger charge is -2.42. The second kappa shape index (κ2) is 10.9. The average molecular weight is 720 g/mol. The quantitative estimate of drug-likeness (QED) is 0.176. The molecule has 9 aromatic rings. The summed E-state index contributed by atoms with van der Waals surface area (Å²) in [7, 11) is 0. The maximum atomic E-state index is 2.52. The summed E-state index contributed by atoms with van der Waals surface area (Å²) in [6, 6.07) is 64.0. The molecule has 2 aliphatic carbocycles. The van der Waals surface area contributed by atoms with Gasteiger partial charge in [0, 0.05) is 36.7 Å². The lowest BCUT2D eigenvalue weighted by Crippen LogP contribution is -2.32. The van der Waals surface area contributed by atoms with Gasteiger partial charge in [-0.05, 0) is 116 Å². The van der Waals surface area contributed by atoms with Crippen molar-refractivity contribution in [3.05, 3.63) is 198 Å². The molecule has 1 nitrogen and oxygen atoms in total. The molecule has 8 aromatic carbocycles. The predicted octanol–water partition coefficient (Wildman–Crippen LogP) is 14.8. The fourth-order valence-corrected chi connectivity index (χ4v) is 11.7. The van der Waals surface area contributed by atoms with E-state index >= 15 is 0 Å². The van der Waals surface area contributed by atoms with Crippen LogP contribution in [0.5, 0.6) is 0 Å². The summed E-state index contributed by atoms with van der Waals surface area (Å²) in [6.07, 6.45) is 0. The van der Waals surface area contributed by atoms with Crippen molar-refractivity contribution in [3.63, 3.8) is 0 Å². The van der Waals surface area contributed by atoms with Crippen LogP contribution in [0.3, 0.4) is 0 Å². The van der Waals surface area contributed by atoms with Crippen LogP contribution >= 0.6 is 11.3 Å². The summed E-state index contributed by atoms with van der Waals surface area (Å²) in [4.78, 5) is 2.52. The molecule has 0 amide bonds. The molecule has 0 N–H and O–H groups in total. The molecule has 3 aliphatic rings. The molecule has 2 heterocycles. The topological polar surface area (TPSA) is 3.24 Å². The number of hydrogen-bond acceptors (Lipinski definition) is 2. The van der Waals surface area contributed by atoms with Crippen molar-refractivity contribution in [2.45, 2.75) is 31.6 Å². The van der Waals surface area contributed by atoms with Gasteiger partial charge in [-0.25, -0.2) is 0 Å². The zero-order valence-electron chi connectivity index (χ0n) is 31.0. The third-order valence-electron chi connectivity index (χ3n) is 13.1. The van der Waals surface area contributed by atoms with Crippen molar-refractivity contribution in [1.82, 2.24) is 0 Å². The lowest BCUT2D eigenvalue weighted by molar-refractivity contribution is 0.660. The smallest absolute Gasteiger partial charge is 0.0512 e. The van der Waals surface area contributed by atoms with Crippen molar-refractivity contribution in [3.8, 4) is 44.5 Å². The molecule has 2 heteroatoms. The van der Waals surface area contributed by atoms with E-state index in [1.54, 1.807) is 0 Å². The van der Waals surface area contributed by atoms with Gasteiger partial charge < -0.3 is 4.90 Å². The lowest BCUT2D eigenvalue weighted by atomic mass is 9.70. The Morgan fingerprint density at radius 3 is 1.95 bits per heavy atom. The fourth-order valence-electron chi connectivity index (χ4n) is 10.5. The minimum absolute atomic E-state index is 0.0498. The van der Waals surface area contributed by atoms with Gasteiger partial charge in [-0.15, -0.1) is 11.3 Å². The Bertz CT molecular complexity index is 3090. The molecule has 0 spiro atoms. The zero-order valence-corrected chi connectivity index (χ0v) is 31.8. The fraction of sp³-hybridized carbons (Fsp3) is 0.0943. The average Bonchev–Trinajstić information content (AvgIpc) is 3.83. The molecule has 0 fully saturated rings. The summed E-state index contributed by atoms with van der Waals surface area (Å²) in [5, 5.41) is 2.67. The highest BCUT2D eigenvalue weighted by molar-refractivity contribution is 7.26. The number of benzene rings is 8. The molecule has 0 radical (unpaired) electrons. The molecule has 1 atom stereocenters. The van der Waals surface area contributed by atoms with Gasteiger partial charge in [-0.3, -0.25) is 0 Å². The largest absolute Gasteiger partial charge is 0.310 e. The Morgan fingerprint density at radius 1 is 0.436 bits per heavy atom. The van der Waals surface area contributed by atoms with Gasteiger partial charge in [-0.1, -0.05) is 147 Å². The van der Waals surface area contributed by atoms with Crippen molar-refractivity contribution in [2.24, 2.45) is 0 Å². The van der Waals surface area contributed by atoms with Gasteiger partial charge in [-0.2, -0.15) is 0 Å². The van der Waals surface area contributed by atoms with Crippen LogP contribution in [-0.2, 0) is 10.8 Å². The van der Waals surface area contributed by atoms with Crippen molar-refractivity contribution < 1.29 is 0 Å². The standard InChI is InChI=1S/C53H37NS/c1-52(2)42-20-7-5-15-41(42)49-35(16-11-22-44(49)52)33-27-30-46-45(31-33)53(3)43-21-8-4-13-37(43)39-18-12-23-47(50(39)53)54(46)34-28-25-32(26-29-34)36-17-10-19-40-38-14-6-9-24-48(38)55-51(36)40/h4-31H,1-3H3. The molecular formula is C53H37NS. The summed E-state index contributed by atoms with van der Waals surface area (Å²) in [5.74, 6) is 0. The van der Waals surface area contributed by atoms with Crippen LogP contribution in [0, 0.1) is 0 Å². The van der Waals surface area contributed by atoms with Crippen LogP contribution in [0.2, 0.25) is 0 Å². The molecule has 1 aromatic heterocycles. The predicted molar refractivity (Wildman–Crippen MR) is 233 cm³/mol. The maximum absolute atomic E-state index is 2.52. The van der Waals surface area contributed by atoms with Crippen molar-refractivity contribution in [1.29, 1.82) is 0 Å². The van der Waals surface area contributed by atoms with E-state index in [0.717, 1.165) is 0 Å². The minimum atomic E-state index is -0.309. The van der Waals surface area contributed by atoms with E-state index in [2.05, 4.69) is 196 Å². The van der Waals surface area contributed by atoms with Crippen molar-refractivity contribution >= 4 is 48.6 Å². The summed E-state index contributed by atoms with van der Waals surface area (Å²) in [6.45, 7) is 7.20. The zero-order chi connectivity index (χ0) is 36.6. The highest BCUT2D eigenvalue weighted by atomic mass is 32.1. The van der Waals surface area contributed by atoms with E-state index in [9.17, 15) is 0 Å².